The van der Waals surface area contributed by atoms with Crippen LogP contribution in [0.4, 0.5) is 0 Å². The van der Waals surface area contributed by atoms with Gasteiger partial charge in [-0.25, -0.2) is 4.31 Å². The van der Waals surface area contributed by atoms with E-state index in [4.69, 9.17) is 0 Å². The molecule has 68 valence electrons. The molecule has 0 spiro atoms. The smallest absolute Gasteiger partial charge is 0.246 e. The van der Waals surface area contributed by atoms with Crippen molar-refractivity contribution in [1.82, 2.24) is 9.03 Å². The van der Waals surface area contributed by atoms with Crippen molar-refractivity contribution in [3.8, 4) is 0 Å². The Hall–Kier alpha value is -1.00. The van der Waals surface area contributed by atoms with E-state index < -0.39 is 0 Å². The van der Waals surface area contributed by atoms with E-state index in [2.05, 4.69) is 16.9 Å². The van der Waals surface area contributed by atoms with Crippen molar-refractivity contribution in [2.24, 2.45) is 0 Å². The van der Waals surface area contributed by atoms with Gasteiger partial charge in [0.15, 0.2) is 0 Å². The number of hydrogen-bond acceptors (Lipinski definition) is 3. The lowest BCUT2D eigenvalue weighted by Crippen LogP contribution is -2.15. The van der Waals surface area contributed by atoms with Crippen molar-refractivity contribution >= 4 is 18.0 Å². The van der Waals surface area contributed by atoms with Crippen molar-refractivity contribution in [1.29, 1.82) is 0 Å². The SMILES string of the molecule is O=C1CN(Cc2ccccc2)SN1. The fourth-order valence-electron chi connectivity index (χ4n) is 1.22. The lowest BCUT2D eigenvalue weighted by atomic mass is 10.2. The fraction of sp³-hybridized carbons (Fsp3) is 0.222. The van der Waals surface area contributed by atoms with Crippen LogP contribution in [0.1, 0.15) is 5.56 Å². The second-order valence-corrected chi connectivity index (χ2v) is 3.80. The average molecular weight is 194 g/mol. The summed E-state index contributed by atoms with van der Waals surface area (Å²) in [5.41, 5.74) is 1.23. The standard InChI is InChI=1S/C9H10N2OS/c12-9-7-11(13-10-9)6-8-4-2-1-3-5-8/h1-5H,6-7H2,(H,10,12). The van der Waals surface area contributed by atoms with Gasteiger partial charge in [-0.1, -0.05) is 30.3 Å². The van der Waals surface area contributed by atoms with E-state index in [0.717, 1.165) is 6.54 Å². The van der Waals surface area contributed by atoms with E-state index in [1.807, 2.05) is 22.5 Å². The summed E-state index contributed by atoms with van der Waals surface area (Å²) in [6.45, 7) is 1.30. The molecule has 1 fully saturated rings. The highest BCUT2D eigenvalue weighted by molar-refractivity contribution is 7.96. The van der Waals surface area contributed by atoms with E-state index in [1.165, 1.54) is 17.7 Å². The van der Waals surface area contributed by atoms with Gasteiger partial charge >= 0.3 is 0 Å². The summed E-state index contributed by atoms with van der Waals surface area (Å²) in [6.07, 6.45) is 0. The number of nitrogens with one attached hydrogen (secondary N) is 1. The number of benzene rings is 1. The minimum Gasteiger partial charge on any atom is -0.286 e. The van der Waals surface area contributed by atoms with Crippen LogP contribution in [-0.4, -0.2) is 16.8 Å². The highest BCUT2D eigenvalue weighted by atomic mass is 32.2. The van der Waals surface area contributed by atoms with Crippen molar-refractivity contribution < 1.29 is 4.79 Å². The molecule has 0 unspecified atom stereocenters. The molecular formula is C9H10N2OS. The van der Waals surface area contributed by atoms with Gasteiger partial charge < -0.3 is 0 Å². The molecule has 2 rings (SSSR count). The summed E-state index contributed by atoms with van der Waals surface area (Å²) < 4.78 is 4.69. The van der Waals surface area contributed by atoms with E-state index in [-0.39, 0.29) is 5.91 Å². The third-order valence-corrected chi connectivity index (χ3v) is 2.65. The van der Waals surface area contributed by atoms with Gasteiger partial charge in [-0.15, -0.1) is 0 Å². The minimum atomic E-state index is 0.0842. The molecular weight excluding hydrogens is 184 g/mol. The second kappa shape index (κ2) is 3.81. The van der Waals surface area contributed by atoms with Gasteiger partial charge in [0, 0.05) is 18.7 Å². The molecule has 4 heteroatoms. The number of carbonyl (C=O) groups is 1. The summed E-state index contributed by atoms with van der Waals surface area (Å²) in [4.78, 5) is 10.9. The number of amides is 1. The van der Waals surface area contributed by atoms with Crippen LogP contribution in [-0.2, 0) is 11.3 Å². The molecule has 1 saturated heterocycles. The monoisotopic (exact) mass is 194 g/mol. The summed E-state index contributed by atoms with van der Waals surface area (Å²) >= 11 is 1.38. The lowest BCUT2D eigenvalue weighted by molar-refractivity contribution is -0.118. The van der Waals surface area contributed by atoms with E-state index in [1.54, 1.807) is 0 Å². The largest absolute Gasteiger partial charge is 0.286 e. The molecule has 0 atom stereocenters. The van der Waals surface area contributed by atoms with E-state index >= 15 is 0 Å². The van der Waals surface area contributed by atoms with Crippen molar-refractivity contribution in [2.45, 2.75) is 6.54 Å². The second-order valence-electron chi connectivity index (χ2n) is 2.90. The molecule has 0 aliphatic carbocycles. The Morgan fingerprint density at radius 1 is 1.38 bits per heavy atom. The molecule has 0 bridgehead atoms. The normalized spacial score (nSPS) is 17.4. The molecule has 0 saturated carbocycles. The molecule has 0 aromatic heterocycles. The van der Waals surface area contributed by atoms with Gasteiger partial charge in [0.25, 0.3) is 0 Å². The molecule has 1 aromatic carbocycles. The highest BCUT2D eigenvalue weighted by Crippen LogP contribution is 2.15. The highest BCUT2D eigenvalue weighted by Gasteiger charge is 2.19. The Kier molecular flexibility index (Phi) is 2.52. The Bertz CT molecular complexity index is 302. The van der Waals surface area contributed by atoms with Crippen molar-refractivity contribution in [3.63, 3.8) is 0 Å². The third-order valence-electron chi connectivity index (χ3n) is 1.81. The molecule has 1 aromatic rings. The van der Waals surface area contributed by atoms with E-state index in [0.29, 0.717) is 6.54 Å². The van der Waals surface area contributed by atoms with Gasteiger partial charge in [-0.2, -0.15) is 0 Å². The predicted molar refractivity (Wildman–Crippen MR) is 52.6 cm³/mol. The van der Waals surface area contributed by atoms with Gasteiger partial charge in [0.05, 0.1) is 6.54 Å². The topological polar surface area (TPSA) is 32.3 Å². The van der Waals surface area contributed by atoms with E-state index in [9.17, 15) is 4.79 Å². The zero-order valence-electron chi connectivity index (χ0n) is 7.06. The number of nitrogens with zero attached hydrogens (tertiary/aromatic N) is 1. The van der Waals surface area contributed by atoms with Crippen LogP contribution in [0.25, 0.3) is 0 Å². The van der Waals surface area contributed by atoms with Crippen LogP contribution in [0.3, 0.4) is 0 Å². The molecule has 13 heavy (non-hydrogen) atoms. The van der Waals surface area contributed by atoms with Crippen LogP contribution in [0.5, 0.6) is 0 Å². The van der Waals surface area contributed by atoms with Crippen LogP contribution < -0.4 is 4.72 Å². The minimum absolute atomic E-state index is 0.0842. The number of carbonyl (C=O) groups excluding carboxylic acids is 1. The van der Waals surface area contributed by atoms with Crippen LogP contribution in [0.2, 0.25) is 0 Å². The Labute approximate surface area is 81.4 Å². The van der Waals surface area contributed by atoms with Gasteiger partial charge in [0.1, 0.15) is 0 Å². The molecule has 0 radical (unpaired) electrons. The maximum atomic E-state index is 10.9. The van der Waals surface area contributed by atoms with Crippen LogP contribution >= 0.6 is 12.1 Å². The molecule has 1 N–H and O–H groups in total. The first kappa shape index (κ1) is 8.59. The number of hydrogen-bond donors (Lipinski definition) is 1. The van der Waals surface area contributed by atoms with Crippen molar-refractivity contribution in [2.75, 3.05) is 6.54 Å². The summed E-state index contributed by atoms with van der Waals surface area (Å²) in [6, 6.07) is 10.1. The first-order chi connectivity index (χ1) is 6.34. The maximum absolute atomic E-state index is 10.9. The summed E-state index contributed by atoms with van der Waals surface area (Å²) in [5, 5.41) is 0. The van der Waals surface area contributed by atoms with Gasteiger partial charge in [0.2, 0.25) is 5.91 Å². The molecule has 3 nitrogen and oxygen atoms in total. The van der Waals surface area contributed by atoms with Crippen LogP contribution in [0.15, 0.2) is 30.3 Å². The quantitative estimate of drug-likeness (QED) is 0.717. The fourth-order valence-corrected chi connectivity index (χ4v) is 1.91. The maximum Gasteiger partial charge on any atom is 0.246 e. The average Bonchev–Trinajstić information content (AvgIpc) is 2.53. The Balaban J connectivity index is 1.96. The number of rotatable bonds is 2. The van der Waals surface area contributed by atoms with Crippen molar-refractivity contribution in [3.05, 3.63) is 35.9 Å². The van der Waals surface area contributed by atoms with Gasteiger partial charge in [-0.05, 0) is 5.56 Å². The molecule has 1 heterocycles. The molecule has 1 aliphatic heterocycles. The molecule has 1 aliphatic rings. The van der Waals surface area contributed by atoms with Gasteiger partial charge in [-0.3, -0.25) is 9.52 Å². The zero-order valence-corrected chi connectivity index (χ0v) is 7.88. The Morgan fingerprint density at radius 2 is 2.15 bits per heavy atom. The predicted octanol–water partition coefficient (Wildman–Crippen LogP) is 1.18. The summed E-state index contributed by atoms with van der Waals surface area (Å²) in [5.74, 6) is 0.0842. The Morgan fingerprint density at radius 3 is 2.77 bits per heavy atom. The first-order valence-electron chi connectivity index (χ1n) is 4.09. The molecule has 1 amide bonds. The van der Waals surface area contributed by atoms with Crippen LogP contribution in [0, 0.1) is 0 Å². The first-order valence-corrected chi connectivity index (χ1v) is 4.86. The lowest BCUT2D eigenvalue weighted by Gasteiger charge is -2.09. The summed E-state index contributed by atoms with van der Waals surface area (Å²) in [7, 11) is 0. The third kappa shape index (κ3) is 2.23. The zero-order chi connectivity index (χ0) is 9.10.